The Morgan fingerprint density at radius 2 is 1.57 bits per heavy atom. The first-order valence-corrected chi connectivity index (χ1v) is 7.12. The highest BCUT2D eigenvalue weighted by Gasteiger charge is 2.21. The number of benzene rings is 1. The van der Waals surface area contributed by atoms with Crippen LogP contribution in [0.1, 0.15) is 10.4 Å². The topological polar surface area (TPSA) is 50.5 Å². The van der Waals surface area contributed by atoms with Crippen LogP contribution in [-0.4, -0.2) is 58.1 Å². The van der Waals surface area contributed by atoms with Crippen molar-refractivity contribution < 1.29 is 4.79 Å². The van der Waals surface area contributed by atoms with Crippen LogP contribution in [0, 0.1) is 0 Å². The SMILES string of the molecule is CN1CCN(C(=O)c2ccc3c(c2)n(C)c(=O)n3C)CC1. The molecule has 0 radical (unpaired) electrons. The zero-order valence-electron chi connectivity index (χ0n) is 12.7. The van der Waals surface area contributed by atoms with Crippen molar-refractivity contribution in [2.75, 3.05) is 33.2 Å². The lowest BCUT2D eigenvalue weighted by Gasteiger charge is -2.32. The van der Waals surface area contributed by atoms with Crippen LogP contribution in [0.25, 0.3) is 11.0 Å². The van der Waals surface area contributed by atoms with E-state index < -0.39 is 0 Å². The molecule has 1 aliphatic rings. The molecule has 0 unspecified atom stereocenters. The van der Waals surface area contributed by atoms with E-state index in [2.05, 4.69) is 11.9 Å². The summed E-state index contributed by atoms with van der Waals surface area (Å²) >= 11 is 0. The summed E-state index contributed by atoms with van der Waals surface area (Å²) in [5, 5.41) is 0. The van der Waals surface area contributed by atoms with Crippen LogP contribution in [0.4, 0.5) is 0 Å². The molecule has 1 fully saturated rings. The van der Waals surface area contributed by atoms with E-state index in [1.165, 1.54) is 0 Å². The molecule has 0 bridgehead atoms. The van der Waals surface area contributed by atoms with Gasteiger partial charge < -0.3 is 9.80 Å². The number of likely N-dealkylation sites (N-methyl/N-ethyl adjacent to an activating group) is 1. The number of piperazine rings is 1. The minimum Gasteiger partial charge on any atom is -0.336 e. The zero-order chi connectivity index (χ0) is 15.1. The van der Waals surface area contributed by atoms with Crippen LogP contribution in [-0.2, 0) is 14.1 Å². The van der Waals surface area contributed by atoms with Crippen LogP contribution in [0.2, 0.25) is 0 Å². The number of carbonyl (C=O) groups is 1. The lowest BCUT2D eigenvalue weighted by Crippen LogP contribution is -2.47. The quantitative estimate of drug-likeness (QED) is 0.756. The number of carbonyl (C=O) groups excluding carboxylic acids is 1. The number of aromatic nitrogens is 2. The molecule has 21 heavy (non-hydrogen) atoms. The Morgan fingerprint density at radius 1 is 0.952 bits per heavy atom. The number of nitrogens with zero attached hydrogens (tertiary/aromatic N) is 4. The molecule has 0 spiro atoms. The van der Waals surface area contributed by atoms with Crippen LogP contribution >= 0.6 is 0 Å². The van der Waals surface area contributed by atoms with E-state index in [9.17, 15) is 9.59 Å². The Balaban J connectivity index is 1.96. The van der Waals surface area contributed by atoms with Crippen LogP contribution in [0.3, 0.4) is 0 Å². The first-order chi connectivity index (χ1) is 9.99. The summed E-state index contributed by atoms with van der Waals surface area (Å²) in [4.78, 5) is 28.6. The fourth-order valence-corrected chi connectivity index (χ4v) is 2.83. The minimum atomic E-state index is -0.0748. The predicted molar refractivity (Wildman–Crippen MR) is 81.6 cm³/mol. The van der Waals surface area contributed by atoms with Crippen molar-refractivity contribution in [3.63, 3.8) is 0 Å². The molecule has 2 aromatic rings. The van der Waals surface area contributed by atoms with Gasteiger partial charge in [0.25, 0.3) is 5.91 Å². The van der Waals surface area contributed by atoms with Gasteiger partial charge in [-0.15, -0.1) is 0 Å². The second-order valence-electron chi connectivity index (χ2n) is 5.70. The summed E-state index contributed by atoms with van der Waals surface area (Å²) in [6.45, 7) is 3.30. The molecule has 0 saturated carbocycles. The van der Waals surface area contributed by atoms with Gasteiger partial charge in [0.05, 0.1) is 11.0 Å². The minimum absolute atomic E-state index is 0.0429. The fraction of sp³-hybridized carbons (Fsp3) is 0.467. The Kier molecular flexibility index (Phi) is 3.33. The number of hydrogen-bond donors (Lipinski definition) is 0. The van der Waals surface area contributed by atoms with Crippen molar-refractivity contribution in [1.82, 2.24) is 18.9 Å². The van der Waals surface area contributed by atoms with Crippen molar-refractivity contribution in [3.8, 4) is 0 Å². The molecule has 6 heteroatoms. The molecule has 1 amide bonds. The number of hydrogen-bond acceptors (Lipinski definition) is 3. The van der Waals surface area contributed by atoms with Crippen LogP contribution in [0.15, 0.2) is 23.0 Å². The largest absolute Gasteiger partial charge is 0.336 e. The van der Waals surface area contributed by atoms with Gasteiger partial charge in [-0.3, -0.25) is 13.9 Å². The van der Waals surface area contributed by atoms with E-state index in [1.54, 1.807) is 23.2 Å². The molecule has 3 rings (SSSR count). The standard InChI is InChI=1S/C15H20N4O2/c1-16-6-8-19(9-7-16)14(20)11-4-5-12-13(10-11)18(3)15(21)17(12)2/h4-5,10H,6-9H2,1-3H3. The summed E-state index contributed by atoms with van der Waals surface area (Å²) in [6, 6.07) is 5.47. The molecule has 1 aliphatic heterocycles. The zero-order valence-corrected chi connectivity index (χ0v) is 12.7. The molecule has 0 atom stereocenters. The molecule has 0 aliphatic carbocycles. The Hall–Kier alpha value is -2.08. The van der Waals surface area contributed by atoms with E-state index >= 15 is 0 Å². The summed E-state index contributed by atoms with van der Waals surface area (Å²) in [5.41, 5.74) is 2.21. The molecule has 1 saturated heterocycles. The van der Waals surface area contributed by atoms with Gasteiger partial charge in [0.1, 0.15) is 0 Å². The number of fused-ring (bicyclic) bond motifs is 1. The van der Waals surface area contributed by atoms with E-state index in [0.29, 0.717) is 5.56 Å². The van der Waals surface area contributed by atoms with Gasteiger partial charge in [0, 0.05) is 45.8 Å². The number of rotatable bonds is 1. The Labute approximate surface area is 123 Å². The van der Waals surface area contributed by atoms with Crippen molar-refractivity contribution >= 4 is 16.9 Å². The molecule has 0 N–H and O–H groups in total. The number of amides is 1. The van der Waals surface area contributed by atoms with Gasteiger partial charge in [0.2, 0.25) is 0 Å². The molecule has 1 aromatic carbocycles. The predicted octanol–water partition coefficient (Wildman–Crippen LogP) is 0.265. The van der Waals surface area contributed by atoms with Gasteiger partial charge in [-0.2, -0.15) is 0 Å². The van der Waals surface area contributed by atoms with Crippen LogP contribution in [0.5, 0.6) is 0 Å². The molecule has 2 heterocycles. The second kappa shape index (κ2) is 5.04. The average molecular weight is 288 g/mol. The van der Waals surface area contributed by atoms with E-state index in [-0.39, 0.29) is 11.6 Å². The van der Waals surface area contributed by atoms with Crippen molar-refractivity contribution in [2.24, 2.45) is 14.1 Å². The fourth-order valence-electron chi connectivity index (χ4n) is 2.83. The lowest BCUT2D eigenvalue weighted by molar-refractivity contribution is 0.0664. The molecule has 112 valence electrons. The molecular weight excluding hydrogens is 268 g/mol. The van der Waals surface area contributed by atoms with Crippen molar-refractivity contribution in [1.29, 1.82) is 0 Å². The summed E-state index contributed by atoms with van der Waals surface area (Å²) in [6.07, 6.45) is 0. The highest BCUT2D eigenvalue weighted by Crippen LogP contribution is 2.16. The highest BCUT2D eigenvalue weighted by molar-refractivity contribution is 5.97. The molecule has 6 nitrogen and oxygen atoms in total. The maximum Gasteiger partial charge on any atom is 0.328 e. The van der Waals surface area contributed by atoms with Gasteiger partial charge in [-0.05, 0) is 25.2 Å². The van der Waals surface area contributed by atoms with Gasteiger partial charge in [0.15, 0.2) is 0 Å². The summed E-state index contributed by atoms with van der Waals surface area (Å²) in [7, 11) is 5.54. The third-order valence-electron chi connectivity index (χ3n) is 4.31. The van der Waals surface area contributed by atoms with Gasteiger partial charge in [-0.1, -0.05) is 0 Å². The van der Waals surface area contributed by atoms with Gasteiger partial charge >= 0.3 is 5.69 Å². The first-order valence-electron chi connectivity index (χ1n) is 7.12. The lowest BCUT2D eigenvalue weighted by atomic mass is 10.1. The third-order valence-corrected chi connectivity index (χ3v) is 4.31. The van der Waals surface area contributed by atoms with Crippen molar-refractivity contribution in [3.05, 3.63) is 34.2 Å². The smallest absolute Gasteiger partial charge is 0.328 e. The summed E-state index contributed by atoms with van der Waals surface area (Å²) < 4.78 is 3.18. The molecule has 1 aromatic heterocycles. The number of aryl methyl sites for hydroxylation is 2. The Bertz CT molecular complexity index is 751. The normalized spacial score (nSPS) is 16.6. The average Bonchev–Trinajstić information content (AvgIpc) is 2.72. The van der Waals surface area contributed by atoms with E-state index in [0.717, 1.165) is 37.2 Å². The third kappa shape index (κ3) is 2.25. The molecular formula is C15H20N4O2. The Morgan fingerprint density at radius 3 is 2.24 bits per heavy atom. The maximum atomic E-state index is 12.6. The van der Waals surface area contributed by atoms with Crippen molar-refractivity contribution in [2.45, 2.75) is 0 Å². The first kappa shape index (κ1) is 13.9. The van der Waals surface area contributed by atoms with Gasteiger partial charge in [-0.25, -0.2) is 4.79 Å². The van der Waals surface area contributed by atoms with E-state index in [4.69, 9.17) is 0 Å². The monoisotopic (exact) mass is 288 g/mol. The second-order valence-corrected chi connectivity index (χ2v) is 5.70. The number of imidazole rings is 1. The van der Waals surface area contributed by atoms with Crippen LogP contribution < -0.4 is 5.69 Å². The highest BCUT2D eigenvalue weighted by atomic mass is 16.2. The van der Waals surface area contributed by atoms with E-state index in [1.807, 2.05) is 23.1 Å². The maximum absolute atomic E-state index is 12.6. The summed E-state index contributed by atoms with van der Waals surface area (Å²) in [5.74, 6) is 0.0429.